The van der Waals surface area contributed by atoms with Crippen molar-refractivity contribution in [2.45, 2.75) is 148 Å². The maximum Gasteiger partial charge on any atom is 0.472 e. The molecule has 0 aromatic carbocycles. The second kappa shape index (κ2) is 27.3. The van der Waals surface area contributed by atoms with Crippen LogP contribution < -0.4 is 0 Å². The molecule has 1 N–H and O–H groups in total. The molecule has 256 valence electrons. The molecule has 0 bridgehead atoms. The van der Waals surface area contributed by atoms with E-state index in [2.05, 4.69) is 13.8 Å². The Hall–Kier alpha value is -0.990. The van der Waals surface area contributed by atoms with E-state index in [1.165, 1.54) is 77.0 Å². The SMILES string of the molecule is [CH2-]CCCCCC(=O)O[C@H](COC(=O)CCCCCCCCCCCCCCCCC)COP(=O)(O)OCC[N+](C)(C)C. The molecule has 0 aromatic heterocycles. The minimum atomic E-state index is -4.35. The highest BCUT2D eigenvalue weighted by atomic mass is 31.2. The summed E-state index contributed by atoms with van der Waals surface area (Å²) in [5, 5.41) is 0. The molecule has 0 aromatic rings. The Labute approximate surface area is 264 Å². The highest BCUT2D eigenvalue weighted by Gasteiger charge is 2.27. The Morgan fingerprint density at radius 3 is 1.65 bits per heavy atom. The monoisotopic (exact) mass is 635 g/mol. The smallest absolute Gasteiger partial charge is 0.462 e. The van der Waals surface area contributed by atoms with E-state index in [1.807, 2.05) is 21.1 Å². The van der Waals surface area contributed by atoms with Crippen LogP contribution in [0.2, 0.25) is 0 Å². The number of esters is 2. The van der Waals surface area contributed by atoms with Crippen molar-refractivity contribution in [2.75, 3.05) is 47.5 Å². The number of carbonyl (C=O) groups excluding carboxylic acids is 2. The van der Waals surface area contributed by atoms with E-state index < -0.39 is 26.5 Å². The summed E-state index contributed by atoms with van der Waals surface area (Å²) in [6.07, 6.45) is 21.6. The first kappa shape index (κ1) is 42.0. The minimum absolute atomic E-state index is 0.0300. The first-order chi connectivity index (χ1) is 20.5. The molecule has 0 heterocycles. The third kappa shape index (κ3) is 30.8. The fraction of sp³-hybridized carbons (Fsp3) is 0.909. The molecule has 0 aliphatic carbocycles. The number of rotatable bonds is 31. The molecule has 9 nitrogen and oxygen atoms in total. The highest BCUT2D eigenvalue weighted by molar-refractivity contribution is 7.47. The molecule has 1 unspecified atom stereocenters. The number of ether oxygens (including phenoxy) is 2. The van der Waals surface area contributed by atoms with Crippen LogP contribution in [0.15, 0.2) is 0 Å². The number of likely N-dealkylation sites (N-methyl/N-ethyl adjacent to an activating group) is 1. The number of quaternary nitrogens is 1. The lowest BCUT2D eigenvalue weighted by Gasteiger charge is -2.24. The van der Waals surface area contributed by atoms with Crippen LogP contribution in [-0.4, -0.2) is 74.9 Å². The number of hydrogen-bond donors (Lipinski definition) is 1. The Morgan fingerprint density at radius 1 is 0.698 bits per heavy atom. The van der Waals surface area contributed by atoms with Gasteiger partial charge in [-0.3, -0.25) is 18.6 Å². The van der Waals surface area contributed by atoms with Gasteiger partial charge < -0.3 is 25.8 Å². The summed E-state index contributed by atoms with van der Waals surface area (Å²) in [5.41, 5.74) is 0. The van der Waals surface area contributed by atoms with E-state index in [0.29, 0.717) is 17.4 Å². The maximum absolute atomic E-state index is 12.3. The van der Waals surface area contributed by atoms with Gasteiger partial charge in [0.15, 0.2) is 6.10 Å². The highest BCUT2D eigenvalue weighted by Crippen LogP contribution is 2.43. The van der Waals surface area contributed by atoms with Crippen LogP contribution in [0, 0.1) is 6.92 Å². The number of carbonyl (C=O) groups is 2. The van der Waals surface area contributed by atoms with Gasteiger partial charge in [0.05, 0.1) is 27.7 Å². The van der Waals surface area contributed by atoms with Crippen molar-refractivity contribution in [3.63, 3.8) is 0 Å². The third-order valence-corrected chi connectivity index (χ3v) is 8.27. The molecule has 43 heavy (non-hydrogen) atoms. The summed E-state index contributed by atoms with van der Waals surface area (Å²) < 4.78 is 33.7. The molecule has 10 heteroatoms. The molecule has 0 aliphatic rings. The number of hydrogen-bond acceptors (Lipinski definition) is 7. The van der Waals surface area contributed by atoms with Gasteiger partial charge in [0.2, 0.25) is 0 Å². The molecular weight excluding hydrogens is 569 g/mol. The lowest BCUT2D eigenvalue weighted by atomic mass is 10.0. The molecule has 0 amide bonds. The summed E-state index contributed by atoms with van der Waals surface area (Å²) in [7, 11) is 1.46. The predicted molar refractivity (Wildman–Crippen MR) is 173 cm³/mol. The van der Waals surface area contributed by atoms with Crippen molar-refractivity contribution in [2.24, 2.45) is 0 Å². The zero-order valence-corrected chi connectivity index (χ0v) is 29.1. The summed E-state index contributed by atoms with van der Waals surface area (Å²) in [6, 6.07) is 0. The van der Waals surface area contributed by atoms with Crippen molar-refractivity contribution in [1.29, 1.82) is 0 Å². The molecule has 2 atom stereocenters. The Morgan fingerprint density at radius 2 is 1.16 bits per heavy atom. The zero-order chi connectivity index (χ0) is 32.2. The van der Waals surface area contributed by atoms with Crippen molar-refractivity contribution in [1.82, 2.24) is 0 Å². The fourth-order valence-electron chi connectivity index (χ4n) is 4.53. The first-order valence-electron chi connectivity index (χ1n) is 17.1. The molecule has 0 saturated heterocycles. The van der Waals surface area contributed by atoms with E-state index in [9.17, 15) is 19.0 Å². The average molecular weight is 636 g/mol. The van der Waals surface area contributed by atoms with Gasteiger partial charge in [-0.1, -0.05) is 110 Å². The number of phosphoric acid groups is 1. The van der Waals surface area contributed by atoms with Crippen molar-refractivity contribution in [3.05, 3.63) is 6.92 Å². The van der Waals surface area contributed by atoms with E-state index in [4.69, 9.17) is 18.5 Å². The second-order valence-corrected chi connectivity index (χ2v) is 14.2. The molecule has 0 rings (SSSR count). The normalized spacial score (nSPS) is 13.9. The van der Waals surface area contributed by atoms with Crippen LogP contribution in [0.5, 0.6) is 0 Å². The van der Waals surface area contributed by atoms with Crippen molar-refractivity contribution in [3.8, 4) is 0 Å². The van der Waals surface area contributed by atoms with E-state index in [1.54, 1.807) is 0 Å². The minimum Gasteiger partial charge on any atom is -0.462 e. The van der Waals surface area contributed by atoms with Gasteiger partial charge in [-0.25, -0.2) is 4.57 Å². The van der Waals surface area contributed by atoms with Gasteiger partial charge in [0.25, 0.3) is 0 Å². The van der Waals surface area contributed by atoms with Crippen molar-refractivity contribution >= 4 is 19.8 Å². The van der Waals surface area contributed by atoms with E-state index in [0.717, 1.165) is 38.5 Å². The zero-order valence-electron chi connectivity index (χ0n) is 28.2. The molecule has 0 fully saturated rings. The van der Waals surface area contributed by atoms with Crippen LogP contribution in [0.1, 0.15) is 142 Å². The largest absolute Gasteiger partial charge is 0.472 e. The Bertz CT molecular complexity index is 728. The molecular formula is C33H66NO8P. The third-order valence-electron chi connectivity index (χ3n) is 7.28. The maximum atomic E-state index is 12.3. The second-order valence-electron chi connectivity index (χ2n) is 12.8. The van der Waals surface area contributed by atoms with Gasteiger partial charge in [-0.2, -0.15) is 6.42 Å². The molecule has 0 saturated carbocycles. The summed E-state index contributed by atoms with van der Waals surface area (Å²) in [4.78, 5) is 34.6. The topological polar surface area (TPSA) is 108 Å². The van der Waals surface area contributed by atoms with Gasteiger partial charge in [-0.05, 0) is 12.8 Å². The molecule has 0 aliphatic heterocycles. The van der Waals surface area contributed by atoms with Crippen LogP contribution in [0.4, 0.5) is 0 Å². The van der Waals surface area contributed by atoms with E-state index >= 15 is 0 Å². The van der Waals surface area contributed by atoms with Gasteiger partial charge in [0, 0.05) is 12.8 Å². The van der Waals surface area contributed by atoms with Gasteiger partial charge in [0.1, 0.15) is 19.8 Å². The average Bonchev–Trinajstić information content (AvgIpc) is 2.94. The Balaban J connectivity index is 4.22. The first-order valence-corrected chi connectivity index (χ1v) is 18.5. The number of phosphoric ester groups is 1. The summed E-state index contributed by atoms with van der Waals surface area (Å²) in [6.45, 7) is 5.95. The summed E-state index contributed by atoms with van der Waals surface area (Å²) in [5.74, 6) is -0.840. The lowest BCUT2D eigenvalue weighted by Crippen LogP contribution is -2.37. The van der Waals surface area contributed by atoms with Crippen LogP contribution in [-0.2, 0) is 32.7 Å². The standard InChI is InChI=1S/C33H66NO8P/c1-6-8-10-12-13-14-15-16-17-18-19-20-21-22-24-25-32(35)39-29-31(42-33(36)26-23-11-9-7-2)30-41-43(37,38)40-28-27-34(3,4)5/h31H,2,6-30H2,1,3-5H3,(H,37,38)/t31-/m1/s1. The van der Waals surface area contributed by atoms with Crippen LogP contribution in [0.25, 0.3) is 0 Å². The Kier molecular flexibility index (Phi) is 26.7. The predicted octanol–water partition coefficient (Wildman–Crippen LogP) is 8.33. The van der Waals surface area contributed by atoms with Gasteiger partial charge in [-0.15, -0.1) is 0 Å². The van der Waals surface area contributed by atoms with E-state index in [-0.39, 0.29) is 32.0 Å². The summed E-state index contributed by atoms with van der Waals surface area (Å²) >= 11 is 0. The number of nitrogens with zero attached hydrogens (tertiary/aromatic N) is 1. The number of unbranched alkanes of at least 4 members (excludes halogenated alkanes) is 17. The van der Waals surface area contributed by atoms with Crippen molar-refractivity contribution < 1.29 is 42.1 Å². The van der Waals surface area contributed by atoms with Crippen LogP contribution in [0.3, 0.4) is 0 Å². The van der Waals surface area contributed by atoms with Crippen LogP contribution >= 0.6 is 7.82 Å². The van der Waals surface area contributed by atoms with Gasteiger partial charge >= 0.3 is 19.8 Å². The quantitative estimate of drug-likeness (QED) is 0.0266. The molecule has 0 radical (unpaired) electrons. The fourth-order valence-corrected chi connectivity index (χ4v) is 5.27. The molecule has 0 spiro atoms. The lowest BCUT2D eigenvalue weighted by molar-refractivity contribution is -0.870.